The summed E-state index contributed by atoms with van der Waals surface area (Å²) in [5.41, 5.74) is 12.7. The number of rotatable bonds is 5. The molecule has 5 N–H and O–H groups in total. The van der Waals surface area contributed by atoms with Gasteiger partial charge in [-0.05, 0) is 42.9 Å². The van der Waals surface area contributed by atoms with E-state index < -0.39 is 25.3 Å². The number of hydrogen-bond donors (Lipinski definition) is 4. The number of aliphatic hydroxyl groups is 1. The number of nitrogens with one attached hydrogen (secondary N) is 2. The van der Waals surface area contributed by atoms with Crippen LogP contribution in [0.2, 0.25) is 0 Å². The molecule has 0 amide bonds. The van der Waals surface area contributed by atoms with E-state index in [1.807, 2.05) is 18.2 Å². The maximum absolute atomic E-state index is 11.8. The van der Waals surface area contributed by atoms with Crippen molar-refractivity contribution >= 4 is 43.9 Å². The zero-order valence-corrected chi connectivity index (χ0v) is 20.8. The highest BCUT2D eigenvalue weighted by Gasteiger charge is 2.37. The number of aromatic nitrogens is 3. The van der Waals surface area contributed by atoms with E-state index in [1.165, 1.54) is 0 Å². The smallest absolute Gasteiger partial charge is 0.181 e. The fourth-order valence-corrected chi connectivity index (χ4v) is 6.54. The molecule has 176 valence electrons. The van der Waals surface area contributed by atoms with Crippen LogP contribution in [-0.2, 0) is 3.07 Å². The van der Waals surface area contributed by atoms with Gasteiger partial charge in [-0.2, -0.15) is 9.61 Å². The second kappa shape index (κ2) is 8.86. The Labute approximate surface area is 208 Å². The van der Waals surface area contributed by atoms with Gasteiger partial charge in [0.25, 0.3) is 0 Å². The van der Waals surface area contributed by atoms with E-state index in [2.05, 4.69) is 40.0 Å². The molecule has 3 aliphatic heterocycles. The predicted octanol–water partition coefficient (Wildman–Crippen LogP) is 3.64. The van der Waals surface area contributed by atoms with Gasteiger partial charge in [0.2, 0.25) is 0 Å². The average molecular weight is 570 g/mol. The van der Waals surface area contributed by atoms with Crippen molar-refractivity contribution in [3.8, 4) is 0 Å². The van der Waals surface area contributed by atoms with Crippen LogP contribution in [0.15, 0.2) is 48.7 Å². The Morgan fingerprint density at radius 3 is 2.59 bits per heavy atom. The molecule has 9 heteroatoms. The van der Waals surface area contributed by atoms with E-state index >= 15 is 0 Å². The van der Waals surface area contributed by atoms with Crippen LogP contribution >= 0.6 is 21.2 Å². The molecule has 34 heavy (non-hydrogen) atoms. The van der Waals surface area contributed by atoms with Crippen LogP contribution < -0.4 is 16.4 Å². The van der Waals surface area contributed by atoms with Gasteiger partial charge < -0.3 is 21.5 Å². The van der Waals surface area contributed by atoms with Crippen molar-refractivity contribution in [2.45, 2.75) is 47.8 Å². The molecule has 2 saturated heterocycles. The number of hydrogen-bond acceptors (Lipinski definition) is 7. The molecule has 2 unspecified atom stereocenters. The molecule has 6 rings (SSSR count). The van der Waals surface area contributed by atoms with Crippen LogP contribution in [0.5, 0.6) is 0 Å². The van der Waals surface area contributed by atoms with Gasteiger partial charge in [0.1, 0.15) is 5.82 Å². The van der Waals surface area contributed by atoms with Gasteiger partial charge in [-0.1, -0.05) is 36.4 Å². The highest BCUT2D eigenvalue weighted by Crippen LogP contribution is 2.43. The van der Waals surface area contributed by atoms with E-state index in [0.717, 1.165) is 53.8 Å². The highest BCUT2D eigenvalue weighted by atomic mass is 127. The van der Waals surface area contributed by atoms with Crippen LogP contribution in [-0.4, -0.2) is 38.3 Å². The van der Waals surface area contributed by atoms with Crippen molar-refractivity contribution in [2.75, 3.05) is 12.3 Å². The summed E-state index contributed by atoms with van der Waals surface area (Å²) in [5.74, 6) is 0.516. The minimum atomic E-state index is -1.69. The lowest BCUT2D eigenvalue weighted by atomic mass is 9.87. The number of halogens is 1. The van der Waals surface area contributed by atoms with Crippen LogP contribution in [0.3, 0.4) is 0 Å². The van der Waals surface area contributed by atoms with E-state index in [0.29, 0.717) is 35.7 Å². The van der Waals surface area contributed by atoms with E-state index in [1.54, 1.807) is 10.7 Å². The van der Waals surface area contributed by atoms with Crippen molar-refractivity contribution in [1.82, 2.24) is 25.2 Å². The first-order valence-electron chi connectivity index (χ1n) is 11.7. The molecule has 4 atom stereocenters. The third kappa shape index (κ3) is 3.75. The largest absolute Gasteiger partial charge is 0.383 e. The molecule has 0 radical (unpaired) electrons. The Morgan fingerprint density at radius 1 is 1.15 bits per heavy atom. The lowest BCUT2D eigenvalue weighted by Crippen LogP contribution is -2.37. The quantitative estimate of drug-likeness (QED) is 0.273. The Kier molecular flexibility index (Phi) is 5.70. The second-order valence-corrected chi connectivity index (χ2v) is 11.0. The Hall–Kier alpha value is -2.63. The summed E-state index contributed by atoms with van der Waals surface area (Å²) < 4.78 is 12.3. The third-order valence-corrected chi connectivity index (χ3v) is 8.39. The van der Waals surface area contributed by atoms with Gasteiger partial charge in [-0.25, -0.2) is 4.98 Å². The molecule has 2 aromatic heterocycles. The molecule has 8 nitrogen and oxygen atoms in total. The fraction of sp³-hybridized carbons (Fsp3) is 0.360. The molecule has 0 aliphatic carbocycles. The number of anilines is 1. The Balaban J connectivity index is 1.44. The van der Waals surface area contributed by atoms with Gasteiger partial charge in [-0.3, -0.25) is 3.07 Å². The molecule has 3 aliphatic rings. The average Bonchev–Trinajstić information content (AvgIpc) is 3.46. The molecule has 1 aromatic carbocycles. The summed E-state index contributed by atoms with van der Waals surface area (Å²) >= 11 is -1.69. The first-order valence-corrected chi connectivity index (χ1v) is 13.8. The normalized spacial score (nSPS) is 25.0. The molecule has 0 saturated carbocycles. The number of aliphatic hydroxyl groups excluding tert-OH is 1. The number of alkyl halides is 1. The molecule has 0 spiro atoms. The summed E-state index contributed by atoms with van der Waals surface area (Å²) in [4.78, 5) is 5.06. The Bertz CT molecular complexity index is 1310. The van der Waals surface area contributed by atoms with Crippen molar-refractivity contribution < 1.29 is 8.18 Å². The van der Waals surface area contributed by atoms with Gasteiger partial charge in [0.15, 0.2) is 30.9 Å². The Morgan fingerprint density at radius 2 is 1.91 bits per heavy atom. The number of allylic oxidation sites excluding steroid dienone is 2. The third-order valence-electron chi connectivity index (χ3n) is 7.28. The fourth-order valence-electron chi connectivity index (χ4n) is 5.65. The minimum Gasteiger partial charge on any atom is -0.383 e. The van der Waals surface area contributed by atoms with Crippen molar-refractivity contribution in [1.29, 1.82) is 0 Å². The predicted molar refractivity (Wildman–Crippen MR) is 139 cm³/mol. The summed E-state index contributed by atoms with van der Waals surface area (Å²) in [6, 6.07) is 11.2. The number of nitrogen functional groups attached to an aromatic ring is 1. The summed E-state index contributed by atoms with van der Waals surface area (Å²) in [6.07, 6.45) is 10.2. The standard InChI is InChI=1S/C25H27IN6O2/c27-24-21(23(33)26-34)22(16-10-17-7-8-18(11-16)30-17)31-25-19(13-29-32(24)25)15-6-9-20(28-12-15)14-4-2-1-3-5-14/h1-6,9,13,16-18,23,28,30,33H,7-8,10-12,27H2/t16?,17-,18+,23?. The maximum atomic E-state index is 11.8. The number of piperidine rings is 1. The number of benzene rings is 1. The van der Waals surface area contributed by atoms with E-state index in [9.17, 15) is 8.18 Å². The second-order valence-electron chi connectivity index (χ2n) is 9.31. The summed E-state index contributed by atoms with van der Waals surface area (Å²) in [5, 5.41) is 22.3. The number of fused-ring (bicyclic) bond motifs is 3. The zero-order chi connectivity index (χ0) is 23.2. The maximum Gasteiger partial charge on any atom is 0.181 e. The van der Waals surface area contributed by atoms with Crippen molar-refractivity contribution in [3.63, 3.8) is 0 Å². The summed E-state index contributed by atoms with van der Waals surface area (Å²) in [7, 11) is 0. The summed E-state index contributed by atoms with van der Waals surface area (Å²) in [6.45, 7) is 0.646. The van der Waals surface area contributed by atoms with E-state index in [4.69, 9.17) is 10.7 Å². The van der Waals surface area contributed by atoms with Crippen LogP contribution in [0.1, 0.15) is 58.1 Å². The first kappa shape index (κ1) is 21.9. The van der Waals surface area contributed by atoms with Gasteiger partial charge >= 0.3 is 0 Å². The SMILES string of the molecule is Nc1c(C(O)I=O)c(C2C[C@H]3CC[C@@H](C2)N3)nc2c(C3=CC=C(c4ccccc4)NC3)cnn12. The highest BCUT2D eigenvalue weighted by molar-refractivity contribution is 14.1. The van der Waals surface area contributed by atoms with Crippen molar-refractivity contribution in [2.24, 2.45) is 0 Å². The molecule has 5 heterocycles. The van der Waals surface area contributed by atoms with Crippen LogP contribution in [0.25, 0.3) is 16.9 Å². The van der Waals surface area contributed by atoms with Crippen molar-refractivity contribution in [3.05, 3.63) is 71.1 Å². The van der Waals surface area contributed by atoms with Crippen LogP contribution in [0.4, 0.5) is 5.82 Å². The monoisotopic (exact) mass is 570 g/mol. The molecular weight excluding hydrogens is 543 g/mol. The van der Waals surface area contributed by atoms with Gasteiger partial charge in [0, 0.05) is 35.8 Å². The molecule has 2 bridgehead atoms. The number of dihydropyridines is 1. The lowest BCUT2D eigenvalue weighted by Gasteiger charge is -2.30. The number of nitrogens with two attached hydrogens (primary N) is 1. The molecule has 2 fully saturated rings. The molecular formula is C25H27IN6O2. The lowest BCUT2D eigenvalue weighted by molar-refractivity contribution is 0.279. The number of nitrogens with zero attached hydrogens (tertiary/aromatic N) is 3. The van der Waals surface area contributed by atoms with E-state index in [-0.39, 0.29) is 5.92 Å². The zero-order valence-electron chi connectivity index (χ0n) is 18.6. The minimum absolute atomic E-state index is 0.178. The molecule has 3 aromatic rings. The van der Waals surface area contributed by atoms with Crippen LogP contribution in [0, 0.1) is 0 Å². The first-order chi connectivity index (χ1) is 16.6. The topological polar surface area (TPSA) is 118 Å². The van der Waals surface area contributed by atoms with Gasteiger partial charge in [-0.15, -0.1) is 0 Å². The van der Waals surface area contributed by atoms with Gasteiger partial charge in [0.05, 0.1) is 17.5 Å².